The fraction of sp³-hybridized carbons (Fsp3) is 0.450. The summed E-state index contributed by atoms with van der Waals surface area (Å²) in [5.41, 5.74) is 2.17. The van der Waals surface area contributed by atoms with Crippen LogP contribution < -0.4 is 0 Å². The molecule has 1 saturated carbocycles. The Morgan fingerprint density at radius 3 is 2.46 bits per heavy atom. The van der Waals surface area contributed by atoms with E-state index in [0.717, 1.165) is 18.5 Å². The summed E-state index contributed by atoms with van der Waals surface area (Å²) in [4.78, 5) is 14.5. The standard InChI is InChI=1S/C20H19F3N4O/c21-20(22,23)15-5-8-26(9-6-15)19(28)16-4-1-13(12-24)11-18(16)27-10-7-17(25-27)14-2-3-14/h1,4,7,10-11,14-15H,2-3,5-6,8-9H2. The van der Waals surface area contributed by atoms with Crippen LogP contribution in [0.5, 0.6) is 0 Å². The third-order valence-corrected chi connectivity index (χ3v) is 5.45. The van der Waals surface area contributed by atoms with Gasteiger partial charge in [0.1, 0.15) is 0 Å². The van der Waals surface area contributed by atoms with E-state index in [1.807, 2.05) is 6.07 Å². The SMILES string of the molecule is N#Cc1ccc(C(=O)N2CCC(C(F)(F)F)CC2)c(-n2ccc(C3CC3)n2)c1. The molecule has 8 heteroatoms. The van der Waals surface area contributed by atoms with Crippen LogP contribution in [0.25, 0.3) is 5.69 Å². The second-order valence-corrected chi connectivity index (χ2v) is 7.41. The summed E-state index contributed by atoms with van der Waals surface area (Å²) in [7, 11) is 0. The predicted octanol–water partition coefficient (Wildman–Crippen LogP) is 4.04. The largest absolute Gasteiger partial charge is 0.391 e. The lowest BCUT2D eigenvalue weighted by atomic mass is 9.95. The maximum atomic E-state index is 13.0. The zero-order chi connectivity index (χ0) is 19.9. The molecule has 1 aromatic carbocycles. The van der Waals surface area contributed by atoms with E-state index in [4.69, 9.17) is 0 Å². The van der Waals surface area contributed by atoms with Gasteiger partial charge < -0.3 is 4.90 Å². The van der Waals surface area contributed by atoms with Gasteiger partial charge in [0.25, 0.3) is 5.91 Å². The van der Waals surface area contributed by atoms with Crippen LogP contribution in [0.1, 0.15) is 53.2 Å². The van der Waals surface area contributed by atoms with Gasteiger partial charge in [-0.1, -0.05) is 0 Å². The average Bonchev–Trinajstić information content (AvgIpc) is 3.43. The van der Waals surface area contributed by atoms with Gasteiger partial charge in [-0.05, 0) is 49.9 Å². The van der Waals surface area contributed by atoms with Gasteiger partial charge in [-0.25, -0.2) is 4.68 Å². The van der Waals surface area contributed by atoms with E-state index in [-0.39, 0.29) is 31.8 Å². The summed E-state index contributed by atoms with van der Waals surface area (Å²) < 4.78 is 40.3. The molecule has 0 unspecified atom stereocenters. The monoisotopic (exact) mass is 388 g/mol. The van der Waals surface area contributed by atoms with Crippen LogP contribution in [-0.4, -0.2) is 39.9 Å². The molecule has 1 amide bonds. The minimum absolute atomic E-state index is 0.0644. The lowest BCUT2D eigenvalue weighted by Crippen LogP contribution is -2.42. The minimum Gasteiger partial charge on any atom is -0.339 e. The Morgan fingerprint density at radius 1 is 1.14 bits per heavy atom. The lowest BCUT2D eigenvalue weighted by molar-refractivity contribution is -0.183. The van der Waals surface area contributed by atoms with Gasteiger partial charge in [0, 0.05) is 25.2 Å². The molecule has 0 radical (unpaired) electrons. The van der Waals surface area contributed by atoms with Crippen molar-refractivity contribution in [2.75, 3.05) is 13.1 Å². The Labute approximate surface area is 160 Å². The van der Waals surface area contributed by atoms with Crippen molar-refractivity contribution in [3.63, 3.8) is 0 Å². The van der Waals surface area contributed by atoms with E-state index >= 15 is 0 Å². The summed E-state index contributed by atoms with van der Waals surface area (Å²) in [6, 6.07) is 8.66. The molecular formula is C20H19F3N4O. The van der Waals surface area contributed by atoms with Crippen molar-refractivity contribution in [1.82, 2.24) is 14.7 Å². The Balaban J connectivity index is 1.60. The average molecular weight is 388 g/mol. The van der Waals surface area contributed by atoms with Crippen molar-refractivity contribution >= 4 is 5.91 Å². The summed E-state index contributed by atoms with van der Waals surface area (Å²) in [5.74, 6) is -1.24. The number of alkyl halides is 3. The van der Waals surface area contributed by atoms with Crippen LogP contribution in [0, 0.1) is 17.2 Å². The number of benzene rings is 1. The Kier molecular flexibility index (Phi) is 4.61. The fourth-order valence-electron chi connectivity index (χ4n) is 3.62. The van der Waals surface area contributed by atoms with E-state index in [0.29, 0.717) is 22.7 Å². The third-order valence-electron chi connectivity index (χ3n) is 5.45. The highest BCUT2D eigenvalue weighted by Crippen LogP contribution is 2.39. The molecule has 2 fully saturated rings. The molecule has 0 N–H and O–H groups in total. The Hall–Kier alpha value is -2.82. The molecule has 2 aromatic rings. The highest BCUT2D eigenvalue weighted by molar-refractivity contribution is 5.98. The van der Waals surface area contributed by atoms with Crippen molar-refractivity contribution < 1.29 is 18.0 Å². The zero-order valence-electron chi connectivity index (χ0n) is 15.1. The number of aromatic nitrogens is 2. The summed E-state index contributed by atoms with van der Waals surface area (Å²) in [5, 5.41) is 13.8. The fourth-order valence-corrected chi connectivity index (χ4v) is 3.62. The molecule has 28 heavy (non-hydrogen) atoms. The quantitative estimate of drug-likeness (QED) is 0.797. The number of halogens is 3. The van der Waals surface area contributed by atoms with Crippen molar-refractivity contribution in [2.45, 2.75) is 37.8 Å². The molecule has 1 aromatic heterocycles. The first-order valence-corrected chi connectivity index (χ1v) is 9.33. The maximum Gasteiger partial charge on any atom is 0.391 e. The Bertz CT molecular complexity index is 932. The minimum atomic E-state index is -4.22. The second-order valence-electron chi connectivity index (χ2n) is 7.41. The van der Waals surface area contributed by atoms with E-state index in [1.165, 1.54) is 4.90 Å². The van der Waals surface area contributed by atoms with Crippen molar-refractivity contribution in [1.29, 1.82) is 5.26 Å². The molecule has 5 nitrogen and oxygen atoms in total. The number of hydrogen-bond donors (Lipinski definition) is 0. The maximum absolute atomic E-state index is 13.0. The zero-order valence-corrected chi connectivity index (χ0v) is 15.1. The van der Waals surface area contributed by atoms with Crippen molar-refractivity contribution in [3.8, 4) is 11.8 Å². The second kappa shape index (κ2) is 6.97. The number of amides is 1. The number of piperidine rings is 1. The summed E-state index contributed by atoms with van der Waals surface area (Å²) in [6.45, 7) is 0.129. The normalized spacial score (nSPS) is 18.1. The topological polar surface area (TPSA) is 61.9 Å². The predicted molar refractivity (Wildman–Crippen MR) is 94.9 cm³/mol. The van der Waals surface area contributed by atoms with Gasteiger partial charge >= 0.3 is 6.18 Å². The molecule has 0 spiro atoms. The molecule has 1 aliphatic carbocycles. The van der Waals surface area contributed by atoms with Gasteiger partial charge in [0.2, 0.25) is 0 Å². The van der Waals surface area contributed by atoms with E-state index < -0.39 is 12.1 Å². The van der Waals surface area contributed by atoms with Gasteiger partial charge in [0.15, 0.2) is 0 Å². The van der Waals surface area contributed by atoms with Gasteiger partial charge in [-0.2, -0.15) is 23.5 Å². The number of carbonyl (C=O) groups excluding carboxylic acids is 1. The molecule has 146 valence electrons. The first kappa shape index (κ1) is 18.5. The number of nitriles is 1. The van der Waals surface area contributed by atoms with Crippen molar-refractivity contribution in [2.24, 2.45) is 5.92 Å². The number of hydrogen-bond acceptors (Lipinski definition) is 3. The molecule has 0 bridgehead atoms. The number of likely N-dealkylation sites (tertiary alicyclic amines) is 1. The Morgan fingerprint density at radius 2 is 1.86 bits per heavy atom. The smallest absolute Gasteiger partial charge is 0.339 e. The van der Waals surface area contributed by atoms with Gasteiger partial charge in [-0.15, -0.1) is 0 Å². The van der Waals surface area contributed by atoms with E-state index in [2.05, 4.69) is 11.2 Å². The molecule has 4 rings (SSSR count). The number of nitrogens with zero attached hydrogens (tertiary/aromatic N) is 4. The van der Waals surface area contributed by atoms with E-state index in [9.17, 15) is 23.2 Å². The van der Waals surface area contributed by atoms with Crippen LogP contribution in [0.4, 0.5) is 13.2 Å². The van der Waals surface area contributed by atoms with E-state index in [1.54, 1.807) is 29.1 Å². The number of rotatable bonds is 3. The van der Waals surface area contributed by atoms with Gasteiger partial charge in [-0.3, -0.25) is 4.79 Å². The lowest BCUT2D eigenvalue weighted by Gasteiger charge is -2.33. The van der Waals surface area contributed by atoms with Crippen LogP contribution in [0.15, 0.2) is 30.5 Å². The van der Waals surface area contributed by atoms with Crippen LogP contribution in [-0.2, 0) is 0 Å². The molecule has 0 atom stereocenters. The first-order chi connectivity index (χ1) is 13.4. The molecular weight excluding hydrogens is 369 g/mol. The van der Waals surface area contributed by atoms with Crippen LogP contribution in [0.2, 0.25) is 0 Å². The third kappa shape index (κ3) is 3.61. The highest BCUT2D eigenvalue weighted by Gasteiger charge is 2.42. The summed E-state index contributed by atoms with van der Waals surface area (Å²) >= 11 is 0. The molecule has 1 aliphatic heterocycles. The highest BCUT2D eigenvalue weighted by atomic mass is 19.4. The van der Waals surface area contributed by atoms with Crippen molar-refractivity contribution in [3.05, 3.63) is 47.3 Å². The van der Waals surface area contributed by atoms with Crippen LogP contribution >= 0.6 is 0 Å². The first-order valence-electron chi connectivity index (χ1n) is 9.33. The molecule has 2 aliphatic rings. The number of carbonyl (C=O) groups is 1. The molecule has 1 saturated heterocycles. The summed E-state index contributed by atoms with van der Waals surface area (Å²) in [6.07, 6.45) is -0.451. The van der Waals surface area contributed by atoms with Gasteiger partial charge in [0.05, 0.1) is 34.5 Å². The van der Waals surface area contributed by atoms with Crippen LogP contribution in [0.3, 0.4) is 0 Å². The molecule has 2 heterocycles.